The standard InChI is InChI=1S/C25H23N5O3S/c1-16-3-8-19(9-4-16)24-28-29-25(30(24)20-10-5-17(2)6-11-20)34-15-23(33)27-26-14-18-7-12-21(31)22(32)13-18/h3-14H,15H2,1-2H3,(H3,26,27,31,32,33)/p+1. The number of aromatic hydroxyl groups is 2. The maximum absolute atomic E-state index is 12.4. The number of hydrazone groups is 1. The van der Waals surface area contributed by atoms with Gasteiger partial charge in [0.05, 0.1) is 22.6 Å². The fourth-order valence-corrected chi connectivity index (χ4v) is 3.95. The number of nitrogens with one attached hydrogen (secondary N) is 2. The molecular formula is C25H24N5O3S+. The molecule has 0 aliphatic carbocycles. The topological polar surface area (TPSA) is 114 Å². The van der Waals surface area contributed by atoms with Crippen LogP contribution in [0.25, 0.3) is 17.1 Å². The second kappa shape index (κ2) is 10.2. The number of hydrogen-bond acceptors (Lipinski definition) is 6. The summed E-state index contributed by atoms with van der Waals surface area (Å²) in [5.41, 5.74) is 7.24. The number of amides is 1. The van der Waals surface area contributed by atoms with E-state index in [1.54, 1.807) is 6.07 Å². The van der Waals surface area contributed by atoms with Crippen molar-refractivity contribution in [3.05, 3.63) is 83.4 Å². The number of nitrogens with zero attached hydrogens (tertiary/aromatic N) is 3. The Hall–Kier alpha value is -4.11. The molecule has 1 amide bonds. The van der Waals surface area contributed by atoms with Gasteiger partial charge in [0.15, 0.2) is 11.5 Å². The van der Waals surface area contributed by atoms with Gasteiger partial charge >= 0.3 is 5.16 Å². The third-order valence-corrected chi connectivity index (χ3v) is 5.96. The van der Waals surface area contributed by atoms with E-state index < -0.39 is 0 Å². The Kier molecular flexibility index (Phi) is 6.93. The third kappa shape index (κ3) is 5.44. The van der Waals surface area contributed by atoms with Gasteiger partial charge in [-0.05, 0) is 73.6 Å². The Morgan fingerprint density at radius 3 is 2.38 bits per heavy atom. The number of aryl methyl sites for hydroxylation is 2. The number of rotatable bonds is 7. The maximum Gasteiger partial charge on any atom is 0.342 e. The molecule has 34 heavy (non-hydrogen) atoms. The van der Waals surface area contributed by atoms with Gasteiger partial charge in [-0.15, -0.1) is 5.10 Å². The predicted molar refractivity (Wildman–Crippen MR) is 131 cm³/mol. The number of phenolic OH excluding ortho intramolecular Hbond substituents is 2. The molecule has 3 aromatic carbocycles. The van der Waals surface area contributed by atoms with E-state index in [0.29, 0.717) is 10.7 Å². The lowest BCUT2D eigenvalue weighted by atomic mass is 10.1. The number of aromatic amines is 1. The lowest BCUT2D eigenvalue weighted by Crippen LogP contribution is -2.34. The summed E-state index contributed by atoms with van der Waals surface area (Å²) >= 11 is 1.29. The molecular weight excluding hydrogens is 450 g/mol. The molecule has 0 saturated heterocycles. The lowest BCUT2D eigenvalue weighted by molar-refractivity contribution is -0.625. The number of H-pyrrole nitrogens is 1. The van der Waals surface area contributed by atoms with Gasteiger partial charge in [-0.25, -0.2) is 5.43 Å². The van der Waals surface area contributed by atoms with Crippen LogP contribution in [0, 0.1) is 13.8 Å². The number of thioether (sulfide) groups is 1. The van der Waals surface area contributed by atoms with Crippen molar-refractivity contribution in [2.75, 3.05) is 5.75 Å². The Morgan fingerprint density at radius 1 is 1.03 bits per heavy atom. The number of benzene rings is 3. The maximum atomic E-state index is 12.4. The van der Waals surface area contributed by atoms with Crippen LogP contribution >= 0.6 is 11.8 Å². The monoisotopic (exact) mass is 474 g/mol. The van der Waals surface area contributed by atoms with Crippen molar-refractivity contribution in [2.24, 2.45) is 5.10 Å². The third-order valence-electron chi connectivity index (χ3n) is 5.02. The first-order valence-corrected chi connectivity index (χ1v) is 11.5. The molecule has 0 atom stereocenters. The second-order valence-corrected chi connectivity index (χ2v) is 8.66. The largest absolute Gasteiger partial charge is 0.504 e. The summed E-state index contributed by atoms with van der Waals surface area (Å²) in [7, 11) is 0. The van der Waals surface area contributed by atoms with Crippen LogP contribution in [0.3, 0.4) is 0 Å². The molecule has 4 N–H and O–H groups in total. The van der Waals surface area contributed by atoms with E-state index in [-0.39, 0.29) is 23.2 Å². The van der Waals surface area contributed by atoms with Crippen molar-refractivity contribution in [2.45, 2.75) is 19.0 Å². The SMILES string of the molecule is Cc1ccc(-c2[nH]nc(SCC(=O)N/N=C/c3ccc(O)c(O)c3)[n+]2-c2ccc(C)cc2)cc1. The second-order valence-electron chi connectivity index (χ2n) is 7.72. The Balaban J connectivity index is 1.50. The van der Waals surface area contributed by atoms with E-state index in [1.807, 2.05) is 66.9 Å². The summed E-state index contributed by atoms with van der Waals surface area (Å²) in [5.74, 6) is 0.136. The van der Waals surface area contributed by atoms with Crippen LogP contribution in [0.4, 0.5) is 0 Å². The van der Waals surface area contributed by atoms with Crippen molar-refractivity contribution in [3.63, 3.8) is 0 Å². The lowest BCUT2D eigenvalue weighted by Gasteiger charge is -2.05. The van der Waals surface area contributed by atoms with Crippen LogP contribution in [0.2, 0.25) is 0 Å². The minimum atomic E-state index is -0.306. The molecule has 4 rings (SSSR count). The molecule has 172 valence electrons. The highest BCUT2D eigenvalue weighted by molar-refractivity contribution is 7.99. The zero-order valence-corrected chi connectivity index (χ0v) is 19.5. The summed E-state index contributed by atoms with van der Waals surface area (Å²) in [6.45, 7) is 4.07. The quantitative estimate of drug-likeness (QED) is 0.107. The molecule has 0 spiro atoms. The number of carbonyl (C=O) groups excluding carboxylic acids is 1. The zero-order valence-electron chi connectivity index (χ0n) is 18.7. The summed E-state index contributed by atoms with van der Waals surface area (Å²) in [6.07, 6.45) is 1.39. The van der Waals surface area contributed by atoms with Gasteiger partial charge in [0.25, 0.3) is 11.7 Å². The normalized spacial score (nSPS) is 11.1. The molecule has 0 saturated carbocycles. The van der Waals surface area contributed by atoms with Gasteiger partial charge in [-0.3, -0.25) is 4.79 Å². The first-order chi connectivity index (χ1) is 16.4. The average Bonchev–Trinajstić information content (AvgIpc) is 3.25. The van der Waals surface area contributed by atoms with Crippen LogP contribution < -0.4 is 9.99 Å². The van der Waals surface area contributed by atoms with Crippen molar-refractivity contribution >= 4 is 23.9 Å². The molecule has 9 heteroatoms. The number of aromatic nitrogens is 3. The van der Waals surface area contributed by atoms with E-state index in [2.05, 4.69) is 20.7 Å². The van der Waals surface area contributed by atoms with Crippen LogP contribution in [0.5, 0.6) is 11.5 Å². The van der Waals surface area contributed by atoms with Crippen LogP contribution in [-0.4, -0.2) is 38.3 Å². The van der Waals surface area contributed by atoms with E-state index in [0.717, 1.165) is 22.6 Å². The Morgan fingerprint density at radius 2 is 1.71 bits per heavy atom. The van der Waals surface area contributed by atoms with Gasteiger partial charge in [0.2, 0.25) is 0 Å². The van der Waals surface area contributed by atoms with Gasteiger partial charge in [0.1, 0.15) is 5.69 Å². The number of carbonyl (C=O) groups is 1. The molecule has 0 radical (unpaired) electrons. The van der Waals surface area contributed by atoms with Crippen LogP contribution in [0.15, 0.2) is 77.0 Å². The highest BCUT2D eigenvalue weighted by Crippen LogP contribution is 2.24. The van der Waals surface area contributed by atoms with Crippen molar-refractivity contribution < 1.29 is 19.6 Å². The minimum absolute atomic E-state index is 0.0994. The summed E-state index contributed by atoms with van der Waals surface area (Å²) < 4.78 is 1.99. The highest BCUT2D eigenvalue weighted by atomic mass is 32.2. The molecule has 0 aliphatic heterocycles. The van der Waals surface area contributed by atoms with Crippen molar-refractivity contribution in [1.29, 1.82) is 0 Å². The van der Waals surface area contributed by atoms with E-state index in [9.17, 15) is 15.0 Å². The summed E-state index contributed by atoms with van der Waals surface area (Å²) in [6, 6.07) is 20.5. The Labute approximate surface area is 201 Å². The molecule has 0 fully saturated rings. The van der Waals surface area contributed by atoms with Gasteiger partial charge in [-0.1, -0.05) is 35.4 Å². The molecule has 0 unspecified atom stereocenters. The smallest absolute Gasteiger partial charge is 0.342 e. The predicted octanol–water partition coefficient (Wildman–Crippen LogP) is 3.62. The zero-order chi connectivity index (χ0) is 24.1. The first kappa shape index (κ1) is 23.1. The average molecular weight is 475 g/mol. The van der Waals surface area contributed by atoms with Gasteiger partial charge < -0.3 is 10.2 Å². The molecule has 4 aromatic rings. The van der Waals surface area contributed by atoms with Gasteiger partial charge in [-0.2, -0.15) is 9.67 Å². The summed E-state index contributed by atoms with van der Waals surface area (Å²) in [4.78, 5) is 12.4. The van der Waals surface area contributed by atoms with Crippen LogP contribution in [0.1, 0.15) is 16.7 Å². The van der Waals surface area contributed by atoms with Crippen molar-refractivity contribution in [1.82, 2.24) is 15.6 Å². The molecule has 1 aromatic heterocycles. The number of hydrogen-bond donors (Lipinski definition) is 4. The Bertz CT molecular complexity index is 1330. The molecule has 0 aliphatic rings. The van der Waals surface area contributed by atoms with E-state index in [1.165, 1.54) is 35.7 Å². The number of phenols is 2. The minimum Gasteiger partial charge on any atom is -0.504 e. The van der Waals surface area contributed by atoms with Gasteiger partial charge in [0, 0.05) is 0 Å². The fraction of sp³-hybridized carbons (Fsp3) is 0.120. The fourth-order valence-electron chi connectivity index (χ4n) is 3.19. The van der Waals surface area contributed by atoms with E-state index >= 15 is 0 Å². The van der Waals surface area contributed by atoms with Crippen molar-refractivity contribution in [3.8, 4) is 28.6 Å². The van der Waals surface area contributed by atoms with E-state index in [4.69, 9.17) is 0 Å². The summed E-state index contributed by atoms with van der Waals surface area (Å²) in [5, 5.41) is 31.0. The molecule has 1 heterocycles. The first-order valence-electron chi connectivity index (χ1n) is 10.5. The highest BCUT2D eigenvalue weighted by Gasteiger charge is 2.24. The van der Waals surface area contributed by atoms with Crippen LogP contribution in [-0.2, 0) is 4.79 Å². The molecule has 8 nitrogen and oxygen atoms in total. The molecule has 0 bridgehead atoms.